The number of benzene rings is 1. The minimum absolute atomic E-state index is 0.249. The van der Waals surface area contributed by atoms with Gasteiger partial charge in [-0.25, -0.2) is 0 Å². The van der Waals surface area contributed by atoms with E-state index in [1.54, 1.807) is 12.1 Å². The molecule has 2 nitrogen and oxygen atoms in total. The maximum atomic E-state index is 11.0. The van der Waals surface area contributed by atoms with Gasteiger partial charge in [-0.05, 0) is 24.1 Å². The lowest BCUT2D eigenvalue weighted by Crippen LogP contribution is -2.11. The van der Waals surface area contributed by atoms with E-state index in [4.69, 9.17) is 16.7 Å². The monoisotopic (exact) mass is 288 g/mol. The van der Waals surface area contributed by atoms with Gasteiger partial charge in [0.2, 0.25) is 0 Å². The fourth-order valence-electron chi connectivity index (χ4n) is 1.26. The zero-order chi connectivity index (χ0) is 11.4. The Balaban J connectivity index is 2.94. The number of aliphatic carboxylic acids is 1. The van der Waals surface area contributed by atoms with Gasteiger partial charge in [-0.3, -0.25) is 4.79 Å². The van der Waals surface area contributed by atoms with E-state index in [0.29, 0.717) is 5.03 Å². The van der Waals surface area contributed by atoms with Gasteiger partial charge in [0.05, 0.1) is 5.92 Å². The van der Waals surface area contributed by atoms with Gasteiger partial charge in [0.15, 0.2) is 0 Å². The summed E-state index contributed by atoms with van der Waals surface area (Å²) in [5.74, 6) is -1.51. The van der Waals surface area contributed by atoms with Crippen LogP contribution >= 0.6 is 27.5 Å². The first-order valence-corrected chi connectivity index (χ1v) is 5.49. The second-order valence-electron chi connectivity index (χ2n) is 3.16. The fraction of sp³-hybridized carbons (Fsp3) is 0.182. The highest BCUT2D eigenvalue weighted by molar-refractivity contribution is 9.10. The third kappa shape index (κ3) is 3.68. The van der Waals surface area contributed by atoms with Crippen molar-refractivity contribution in [3.8, 4) is 0 Å². The molecule has 0 saturated heterocycles. The summed E-state index contributed by atoms with van der Waals surface area (Å²) in [7, 11) is 0. The van der Waals surface area contributed by atoms with Crippen LogP contribution < -0.4 is 0 Å². The Labute approximate surface area is 102 Å². The molecule has 1 aromatic rings. The maximum Gasteiger partial charge on any atom is 0.311 e. The Bertz CT molecular complexity index is 373. The molecule has 0 aliphatic carbocycles. The van der Waals surface area contributed by atoms with E-state index in [1.807, 2.05) is 12.1 Å². The van der Waals surface area contributed by atoms with Crippen molar-refractivity contribution < 1.29 is 9.90 Å². The summed E-state index contributed by atoms with van der Waals surface area (Å²) < 4.78 is 0.917. The molecule has 0 saturated carbocycles. The van der Waals surface area contributed by atoms with E-state index >= 15 is 0 Å². The normalized spacial score (nSPS) is 12.1. The molecule has 0 bridgehead atoms. The van der Waals surface area contributed by atoms with Gasteiger partial charge in [0.1, 0.15) is 0 Å². The standard InChI is InChI=1S/C11H10BrClO2/c1-7(13)6-10(11(14)15)8-2-4-9(12)5-3-8/h2-5,10H,1,6H2,(H,14,15). The van der Waals surface area contributed by atoms with Crippen molar-refractivity contribution in [3.63, 3.8) is 0 Å². The summed E-state index contributed by atoms with van der Waals surface area (Å²) in [5.41, 5.74) is 0.729. The van der Waals surface area contributed by atoms with Crippen molar-refractivity contribution in [2.45, 2.75) is 12.3 Å². The molecule has 0 aliphatic rings. The lowest BCUT2D eigenvalue weighted by atomic mass is 9.96. The highest BCUT2D eigenvalue weighted by Crippen LogP contribution is 2.26. The molecule has 0 aromatic heterocycles. The average Bonchev–Trinajstić information content (AvgIpc) is 2.15. The molecule has 0 heterocycles. The van der Waals surface area contributed by atoms with E-state index in [0.717, 1.165) is 10.0 Å². The Morgan fingerprint density at radius 2 is 2.00 bits per heavy atom. The Morgan fingerprint density at radius 3 is 2.40 bits per heavy atom. The van der Waals surface area contributed by atoms with Crippen molar-refractivity contribution in [2.75, 3.05) is 0 Å². The molecule has 1 aromatic carbocycles. The smallest absolute Gasteiger partial charge is 0.311 e. The lowest BCUT2D eigenvalue weighted by Gasteiger charge is -2.11. The summed E-state index contributed by atoms with van der Waals surface area (Å²) in [4.78, 5) is 11.0. The molecule has 1 unspecified atom stereocenters. The van der Waals surface area contributed by atoms with Crippen LogP contribution in [0.15, 0.2) is 40.3 Å². The SMILES string of the molecule is C=C(Cl)CC(C(=O)O)c1ccc(Br)cc1. The highest BCUT2D eigenvalue weighted by atomic mass is 79.9. The summed E-state index contributed by atoms with van der Waals surface area (Å²) in [6.45, 7) is 3.51. The van der Waals surface area contributed by atoms with Gasteiger partial charge >= 0.3 is 5.97 Å². The number of allylic oxidation sites excluding steroid dienone is 1. The van der Waals surface area contributed by atoms with Gasteiger partial charge in [-0.15, -0.1) is 0 Å². The molecule has 1 N–H and O–H groups in total. The third-order valence-electron chi connectivity index (χ3n) is 2.00. The van der Waals surface area contributed by atoms with Gasteiger partial charge in [-0.1, -0.05) is 46.2 Å². The van der Waals surface area contributed by atoms with Crippen LogP contribution in [0.3, 0.4) is 0 Å². The van der Waals surface area contributed by atoms with Crippen LogP contribution in [0.25, 0.3) is 0 Å². The topological polar surface area (TPSA) is 37.3 Å². The summed E-state index contributed by atoms with van der Waals surface area (Å²) in [5, 5.41) is 9.39. The summed E-state index contributed by atoms with van der Waals surface area (Å²) in [6, 6.07) is 7.15. The predicted octanol–water partition coefficient (Wildman–Crippen LogP) is 3.76. The zero-order valence-electron chi connectivity index (χ0n) is 7.91. The van der Waals surface area contributed by atoms with E-state index in [1.165, 1.54) is 0 Å². The van der Waals surface area contributed by atoms with Gasteiger partial charge in [0, 0.05) is 9.51 Å². The molecule has 1 atom stereocenters. The number of hydrogen-bond donors (Lipinski definition) is 1. The first-order valence-electron chi connectivity index (χ1n) is 4.32. The minimum Gasteiger partial charge on any atom is -0.481 e. The molecule has 0 amide bonds. The van der Waals surface area contributed by atoms with Crippen LogP contribution in [0.2, 0.25) is 0 Å². The summed E-state index contributed by atoms with van der Waals surface area (Å²) in [6.07, 6.45) is 0.249. The lowest BCUT2D eigenvalue weighted by molar-refractivity contribution is -0.138. The molecule has 0 aliphatic heterocycles. The molecule has 0 radical (unpaired) electrons. The first kappa shape index (κ1) is 12.3. The Kier molecular flexibility index (Phi) is 4.36. The van der Waals surface area contributed by atoms with Crippen molar-refractivity contribution >= 4 is 33.5 Å². The van der Waals surface area contributed by atoms with E-state index in [2.05, 4.69) is 22.5 Å². The van der Waals surface area contributed by atoms with Crippen LogP contribution in [0.1, 0.15) is 17.9 Å². The third-order valence-corrected chi connectivity index (χ3v) is 2.68. The predicted molar refractivity (Wildman–Crippen MR) is 64.1 cm³/mol. The molecule has 80 valence electrons. The average molecular weight is 290 g/mol. The Hall–Kier alpha value is -0.800. The number of carboxylic acid groups (broad SMARTS) is 1. The van der Waals surface area contributed by atoms with Crippen LogP contribution in [0.5, 0.6) is 0 Å². The van der Waals surface area contributed by atoms with E-state index < -0.39 is 11.9 Å². The van der Waals surface area contributed by atoms with Gasteiger partial charge in [-0.2, -0.15) is 0 Å². The zero-order valence-corrected chi connectivity index (χ0v) is 10.3. The fourth-order valence-corrected chi connectivity index (χ4v) is 1.68. The van der Waals surface area contributed by atoms with Crippen molar-refractivity contribution in [3.05, 3.63) is 45.9 Å². The molecule has 0 spiro atoms. The van der Waals surface area contributed by atoms with Crippen LogP contribution in [-0.4, -0.2) is 11.1 Å². The van der Waals surface area contributed by atoms with Crippen LogP contribution in [0.4, 0.5) is 0 Å². The first-order chi connectivity index (χ1) is 7.00. The van der Waals surface area contributed by atoms with E-state index in [-0.39, 0.29) is 6.42 Å². The molecular weight excluding hydrogens is 279 g/mol. The van der Waals surface area contributed by atoms with Crippen LogP contribution in [-0.2, 0) is 4.79 Å². The quantitative estimate of drug-likeness (QED) is 0.916. The number of hydrogen-bond acceptors (Lipinski definition) is 1. The number of carboxylic acids is 1. The van der Waals surface area contributed by atoms with E-state index in [9.17, 15) is 4.79 Å². The molecule has 15 heavy (non-hydrogen) atoms. The molecule has 4 heteroatoms. The highest BCUT2D eigenvalue weighted by Gasteiger charge is 2.19. The number of halogens is 2. The van der Waals surface area contributed by atoms with Crippen molar-refractivity contribution in [2.24, 2.45) is 0 Å². The maximum absolute atomic E-state index is 11.0. The number of rotatable bonds is 4. The molecule has 0 fully saturated rings. The largest absolute Gasteiger partial charge is 0.481 e. The van der Waals surface area contributed by atoms with Crippen molar-refractivity contribution in [1.29, 1.82) is 0 Å². The van der Waals surface area contributed by atoms with Crippen molar-refractivity contribution in [1.82, 2.24) is 0 Å². The van der Waals surface area contributed by atoms with Gasteiger partial charge < -0.3 is 5.11 Å². The van der Waals surface area contributed by atoms with Gasteiger partial charge in [0.25, 0.3) is 0 Å². The minimum atomic E-state index is -0.890. The molecule has 1 rings (SSSR count). The molecular formula is C11H10BrClO2. The Morgan fingerprint density at radius 1 is 1.47 bits per heavy atom. The number of carbonyl (C=O) groups is 1. The summed E-state index contributed by atoms with van der Waals surface area (Å²) >= 11 is 8.92. The second-order valence-corrected chi connectivity index (χ2v) is 4.61. The van der Waals surface area contributed by atoms with Crippen LogP contribution in [0, 0.1) is 0 Å². The second kappa shape index (κ2) is 5.33.